The summed E-state index contributed by atoms with van der Waals surface area (Å²) in [5, 5.41) is 0.642. The van der Waals surface area contributed by atoms with E-state index >= 15 is 0 Å². The number of aromatic nitrogens is 4. The minimum Gasteiger partial charge on any atom is -0.468 e. The maximum atomic E-state index is 13.1. The molecule has 0 amide bonds. The van der Waals surface area contributed by atoms with Crippen LogP contribution in [0.15, 0.2) is 27.8 Å². The van der Waals surface area contributed by atoms with Crippen LogP contribution in [-0.4, -0.2) is 38.3 Å². The van der Waals surface area contributed by atoms with Gasteiger partial charge in [0.1, 0.15) is 6.54 Å². The number of esters is 1. The highest BCUT2D eigenvalue weighted by Gasteiger charge is 2.28. The van der Waals surface area contributed by atoms with Gasteiger partial charge < -0.3 is 14.2 Å². The zero-order valence-electron chi connectivity index (χ0n) is 16.3. The third-order valence-corrected chi connectivity index (χ3v) is 5.67. The monoisotopic (exact) mass is 417 g/mol. The largest absolute Gasteiger partial charge is 0.468 e. The summed E-state index contributed by atoms with van der Waals surface area (Å²) in [6.45, 7) is 2.76. The first kappa shape index (κ1) is 19.3. The molecule has 9 nitrogen and oxygen atoms in total. The van der Waals surface area contributed by atoms with Crippen LogP contribution in [-0.2, 0) is 29.7 Å². The molecule has 10 heteroatoms. The first-order valence-corrected chi connectivity index (χ1v) is 9.52. The summed E-state index contributed by atoms with van der Waals surface area (Å²) in [4.78, 5) is 44.1. The van der Waals surface area contributed by atoms with Crippen LogP contribution in [0, 0.1) is 6.92 Å². The number of hydrogen-bond donors (Lipinski definition) is 0. The van der Waals surface area contributed by atoms with Crippen molar-refractivity contribution in [2.75, 3.05) is 18.6 Å². The van der Waals surface area contributed by atoms with E-state index in [1.807, 2.05) is 30.0 Å². The van der Waals surface area contributed by atoms with E-state index < -0.39 is 23.8 Å². The predicted molar refractivity (Wildman–Crippen MR) is 109 cm³/mol. The molecule has 1 aliphatic rings. The van der Waals surface area contributed by atoms with Gasteiger partial charge in [-0.25, -0.2) is 9.36 Å². The SMILES string of the molecule is COC(=O)Cn1c(=O)c2c(nc3n2CCCN3c2cccc(Cl)c2C)n(C)c1=O. The minimum atomic E-state index is -0.668. The molecule has 0 N–H and O–H groups in total. The van der Waals surface area contributed by atoms with Crippen molar-refractivity contribution in [1.82, 2.24) is 18.7 Å². The quantitative estimate of drug-likeness (QED) is 0.601. The average molecular weight is 418 g/mol. The Hall–Kier alpha value is -3.07. The van der Waals surface area contributed by atoms with E-state index in [1.54, 1.807) is 4.57 Å². The number of imidazole rings is 1. The fraction of sp³-hybridized carbons (Fsp3) is 0.368. The Balaban J connectivity index is 1.98. The molecular weight excluding hydrogens is 398 g/mol. The molecule has 0 radical (unpaired) electrons. The molecular formula is C19H20ClN5O4. The van der Waals surface area contributed by atoms with Crippen LogP contribution in [0.2, 0.25) is 5.02 Å². The van der Waals surface area contributed by atoms with Crippen molar-refractivity contribution in [2.45, 2.75) is 26.4 Å². The number of nitrogens with zero attached hydrogens (tertiary/aromatic N) is 5. The first-order valence-electron chi connectivity index (χ1n) is 9.14. The lowest BCUT2D eigenvalue weighted by Crippen LogP contribution is -2.41. The number of ether oxygens (including phenoxy) is 1. The lowest BCUT2D eigenvalue weighted by Gasteiger charge is -2.30. The number of methoxy groups -OCH3 is 1. The number of fused-ring (bicyclic) bond motifs is 3. The normalized spacial score (nSPS) is 13.6. The Morgan fingerprint density at radius 3 is 2.76 bits per heavy atom. The van der Waals surface area contributed by atoms with Crippen molar-refractivity contribution in [3.8, 4) is 0 Å². The molecule has 29 heavy (non-hydrogen) atoms. The summed E-state index contributed by atoms with van der Waals surface area (Å²) in [5.41, 5.74) is 1.20. The molecule has 0 atom stereocenters. The number of carbonyl (C=O) groups excluding carboxylic acids is 1. The van der Waals surface area contributed by atoms with Gasteiger partial charge in [-0.05, 0) is 31.0 Å². The average Bonchev–Trinajstić information content (AvgIpc) is 3.11. The second kappa shape index (κ2) is 7.07. The summed E-state index contributed by atoms with van der Waals surface area (Å²) in [6, 6.07) is 5.64. The number of aryl methyl sites for hydroxylation is 2. The molecule has 3 aromatic rings. The van der Waals surface area contributed by atoms with Crippen LogP contribution >= 0.6 is 11.6 Å². The van der Waals surface area contributed by atoms with E-state index in [1.165, 1.54) is 18.7 Å². The maximum absolute atomic E-state index is 13.1. The Kier molecular flexibility index (Phi) is 4.70. The highest BCUT2D eigenvalue weighted by molar-refractivity contribution is 6.31. The number of halogens is 1. The van der Waals surface area contributed by atoms with Gasteiger partial charge >= 0.3 is 11.7 Å². The molecule has 0 aliphatic carbocycles. The van der Waals surface area contributed by atoms with Crippen LogP contribution < -0.4 is 16.1 Å². The van der Waals surface area contributed by atoms with Crippen molar-refractivity contribution in [3.05, 3.63) is 49.6 Å². The highest BCUT2D eigenvalue weighted by atomic mass is 35.5. The zero-order valence-corrected chi connectivity index (χ0v) is 17.1. The third-order valence-electron chi connectivity index (χ3n) is 5.26. The summed E-state index contributed by atoms with van der Waals surface area (Å²) in [5.74, 6) is -0.0994. The van der Waals surface area contributed by atoms with Gasteiger partial charge in [0, 0.05) is 30.8 Å². The maximum Gasteiger partial charge on any atom is 0.333 e. The predicted octanol–water partition coefficient (Wildman–Crippen LogP) is 1.57. The lowest BCUT2D eigenvalue weighted by molar-refractivity contribution is -0.141. The summed E-state index contributed by atoms with van der Waals surface area (Å²) >= 11 is 6.30. The molecule has 1 aliphatic heterocycles. The third kappa shape index (κ3) is 2.93. The number of carbonyl (C=O) groups is 1. The Bertz CT molecular complexity index is 1260. The topological polar surface area (TPSA) is 91.4 Å². The molecule has 0 fully saturated rings. The molecule has 0 spiro atoms. The second-order valence-electron chi connectivity index (χ2n) is 6.93. The van der Waals surface area contributed by atoms with Gasteiger partial charge in [-0.15, -0.1) is 0 Å². The molecule has 0 saturated carbocycles. The van der Waals surface area contributed by atoms with Crippen molar-refractivity contribution >= 4 is 40.4 Å². The van der Waals surface area contributed by atoms with Gasteiger partial charge in [0.25, 0.3) is 5.56 Å². The van der Waals surface area contributed by atoms with E-state index in [0.717, 1.165) is 22.2 Å². The Morgan fingerprint density at radius 2 is 2.03 bits per heavy atom. The fourth-order valence-corrected chi connectivity index (χ4v) is 3.88. The zero-order chi connectivity index (χ0) is 20.9. The van der Waals surface area contributed by atoms with Crippen LogP contribution in [0.1, 0.15) is 12.0 Å². The standard InChI is InChI=1S/C19H20ClN5O4/c1-11-12(20)6-4-7-13(11)23-8-5-9-24-15-16(21-18(23)24)22(2)19(28)25(17(15)27)10-14(26)29-3/h4,6-7H,5,8-10H2,1-3H3. The van der Waals surface area contributed by atoms with E-state index in [2.05, 4.69) is 9.72 Å². The molecule has 1 aromatic carbocycles. The molecule has 3 heterocycles. The molecule has 0 unspecified atom stereocenters. The lowest BCUT2D eigenvalue weighted by atomic mass is 10.1. The van der Waals surface area contributed by atoms with Crippen LogP contribution in [0.4, 0.5) is 11.6 Å². The van der Waals surface area contributed by atoms with E-state index in [0.29, 0.717) is 24.1 Å². The van der Waals surface area contributed by atoms with Crippen LogP contribution in [0.25, 0.3) is 11.2 Å². The molecule has 0 bridgehead atoms. The van der Waals surface area contributed by atoms with Crippen molar-refractivity contribution in [2.24, 2.45) is 7.05 Å². The first-order chi connectivity index (χ1) is 13.8. The van der Waals surface area contributed by atoms with E-state index in [4.69, 9.17) is 11.6 Å². The van der Waals surface area contributed by atoms with Gasteiger partial charge in [0.2, 0.25) is 5.95 Å². The second-order valence-corrected chi connectivity index (χ2v) is 7.34. The van der Waals surface area contributed by atoms with Crippen LogP contribution in [0.3, 0.4) is 0 Å². The number of benzene rings is 1. The minimum absolute atomic E-state index is 0.280. The number of rotatable bonds is 3. The van der Waals surface area contributed by atoms with Crippen molar-refractivity contribution < 1.29 is 9.53 Å². The van der Waals surface area contributed by atoms with Crippen LogP contribution in [0.5, 0.6) is 0 Å². The van der Waals surface area contributed by atoms with Crippen molar-refractivity contribution in [1.29, 1.82) is 0 Å². The molecule has 2 aromatic heterocycles. The summed E-state index contributed by atoms with van der Waals surface area (Å²) < 4.78 is 8.59. The number of hydrogen-bond acceptors (Lipinski definition) is 6. The Labute approximate surface area is 170 Å². The van der Waals surface area contributed by atoms with Gasteiger partial charge in [-0.2, -0.15) is 4.98 Å². The fourth-order valence-electron chi connectivity index (χ4n) is 3.71. The van der Waals surface area contributed by atoms with Gasteiger partial charge in [0.15, 0.2) is 11.2 Å². The molecule has 0 saturated heterocycles. The van der Waals surface area contributed by atoms with Crippen molar-refractivity contribution in [3.63, 3.8) is 0 Å². The summed E-state index contributed by atoms with van der Waals surface area (Å²) in [6.07, 6.45) is 0.781. The molecule has 152 valence electrons. The highest BCUT2D eigenvalue weighted by Crippen LogP contribution is 2.35. The van der Waals surface area contributed by atoms with E-state index in [-0.39, 0.29) is 11.2 Å². The van der Waals surface area contributed by atoms with Gasteiger partial charge in [-0.3, -0.25) is 14.2 Å². The number of anilines is 2. The smallest absolute Gasteiger partial charge is 0.333 e. The summed E-state index contributed by atoms with van der Waals surface area (Å²) in [7, 11) is 2.74. The van der Waals surface area contributed by atoms with E-state index in [9.17, 15) is 14.4 Å². The Morgan fingerprint density at radius 1 is 1.28 bits per heavy atom. The van der Waals surface area contributed by atoms with Gasteiger partial charge in [0.05, 0.1) is 7.11 Å². The van der Waals surface area contributed by atoms with Gasteiger partial charge in [-0.1, -0.05) is 17.7 Å². The molecule has 4 rings (SSSR count).